The van der Waals surface area contributed by atoms with Crippen LogP contribution in [-0.2, 0) is 4.79 Å². The number of aromatic nitrogens is 2. The highest BCUT2D eigenvalue weighted by molar-refractivity contribution is 7.99. The molecule has 0 saturated carbocycles. The zero-order chi connectivity index (χ0) is 13.4. The van der Waals surface area contributed by atoms with Crippen LogP contribution in [-0.4, -0.2) is 51.0 Å². The maximum absolute atomic E-state index is 10.5. The van der Waals surface area contributed by atoms with Crippen molar-refractivity contribution in [2.45, 2.75) is 48.9 Å². The fraction of sp³-hybridized carbons (Fsp3) is 0.750. The second kappa shape index (κ2) is 5.13. The molecule has 1 aromatic heterocycles. The Morgan fingerprint density at radius 3 is 2.79 bits per heavy atom. The van der Waals surface area contributed by atoms with E-state index in [0.717, 1.165) is 30.4 Å². The molecule has 1 aromatic rings. The first-order valence-corrected chi connectivity index (χ1v) is 7.52. The number of carboxylic acid groups (broad SMARTS) is 1. The molecule has 0 aliphatic carbocycles. The van der Waals surface area contributed by atoms with E-state index in [1.165, 1.54) is 12.8 Å². The van der Waals surface area contributed by atoms with Gasteiger partial charge in [-0.25, -0.2) is 0 Å². The van der Waals surface area contributed by atoms with Crippen LogP contribution in [0.3, 0.4) is 0 Å². The van der Waals surface area contributed by atoms with Crippen molar-refractivity contribution in [1.29, 1.82) is 0 Å². The summed E-state index contributed by atoms with van der Waals surface area (Å²) in [7, 11) is 2.20. The predicted octanol–water partition coefficient (Wildman–Crippen LogP) is 1.59. The van der Waals surface area contributed by atoms with Gasteiger partial charge in [-0.15, -0.1) is 0 Å². The molecule has 2 unspecified atom stereocenters. The van der Waals surface area contributed by atoms with Crippen LogP contribution in [0.4, 0.5) is 0 Å². The number of fused-ring (bicyclic) bond motifs is 2. The van der Waals surface area contributed by atoms with Gasteiger partial charge in [-0.1, -0.05) is 16.9 Å². The van der Waals surface area contributed by atoms with Gasteiger partial charge in [0.15, 0.2) is 5.82 Å². The average molecular weight is 283 g/mol. The van der Waals surface area contributed by atoms with E-state index in [2.05, 4.69) is 22.1 Å². The van der Waals surface area contributed by atoms with Crippen LogP contribution in [0.25, 0.3) is 0 Å². The smallest absolute Gasteiger partial charge is 0.314 e. The van der Waals surface area contributed by atoms with Crippen LogP contribution in [0.5, 0.6) is 0 Å². The molecule has 0 spiro atoms. The molecule has 6 nitrogen and oxygen atoms in total. The standard InChI is InChI=1S/C12H17N3O3S/c1-15-8-2-3-9(15)5-7(4-8)11-13-12(18-14-11)19-6-10(16)17/h7-9H,2-6H2,1H3,(H,16,17). The lowest BCUT2D eigenvalue weighted by Crippen LogP contribution is -2.39. The molecule has 0 aromatic carbocycles. The van der Waals surface area contributed by atoms with Crippen LogP contribution in [0.1, 0.15) is 37.4 Å². The SMILES string of the molecule is CN1C2CCC1CC(c1noc(SCC(=O)O)n1)C2. The molecule has 2 fully saturated rings. The van der Waals surface area contributed by atoms with Crippen molar-refractivity contribution in [1.82, 2.24) is 15.0 Å². The van der Waals surface area contributed by atoms with Gasteiger partial charge in [-0.2, -0.15) is 4.98 Å². The molecule has 2 aliphatic heterocycles. The third-order valence-electron chi connectivity index (χ3n) is 4.21. The molecule has 19 heavy (non-hydrogen) atoms. The third kappa shape index (κ3) is 2.62. The molecule has 2 bridgehead atoms. The average Bonchev–Trinajstić information content (AvgIpc) is 2.90. The lowest BCUT2D eigenvalue weighted by Gasteiger charge is -2.34. The zero-order valence-electron chi connectivity index (χ0n) is 10.8. The zero-order valence-corrected chi connectivity index (χ0v) is 11.6. The van der Waals surface area contributed by atoms with Gasteiger partial charge in [-0.05, 0) is 32.7 Å². The summed E-state index contributed by atoms with van der Waals surface area (Å²) in [6.45, 7) is 0. The van der Waals surface area contributed by atoms with Gasteiger partial charge in [0.1, 0.15) is 5.75 Å². The van der Waals surface area contributed by atoms with Gasteiger partial charge in [0.2, 0.25) is 0 Å². The molecule has 0 radical (unpaired) electrons. The van der Waals surface area contributed by atoms with Crippen LogP contribution in [0.2, 0.25) is 0 Å². The van der Waals surface area contributed by atoms with Crippen molar-refractivity contribution in [3.63, 3.8) is 0 Å². The van der Waals surface area contributed by atoms with Crippen molar-refractivity contribution in [2.24, 2.45) is 0 Å². The first kappa shape index (κ1) is 12.9. The molecular formula is C12H17N3O3S. The third-order valence-corrected chi connectivity index (χ3v) is 5.01. The molecule has 1 N–H and O–H groups in total. The molecule has 7 heteroatoms. The van der Waals surface area contributed by atoms with Crippen molar-refractivity contribution >= 4 is 17.7 Å². The van der Waals surface area contributed by atoms with E-state index in [0.29, 0.717) is 23.2 Å². The Kier molecular flexibility index (Phi) is 3.49. The number of hydrogen-bond donors (Lipinski definition) is 1. The summed E-state index contributed by atoms with van der Waals surface area (Å²) in [5.74, 6) is 0.192. The number of rotatable bonds is 4. The monoisotopic (exact) mass is 283 g/mol. The highest BCUT2D eigenvalue weighted by atomic mass is 32.2. The maximum Gasteiger partial charge on any atom is 0.314 e. The fourth-order valence-electron chi connectivity index (χ4n) is 3.19. The highest BCUT2D eigenvalue weighted by Crippen LogP contribution is 2.41. The summed E-state index contributed by atoms with van der Waals surface area (Å²) >= 11 is 1.08. The van der Waals surface area contributed by atoms with E-state index in [1.807, 2.05) is 0 Å². The Hall–Kier alpha value is -1.08. The van der Waals surface area contributed by atoms with Crippen LogP contribution < -0.4 is 0 Å². The van der Waals surface area contributed by atoms with Crippen LogP contribution in [0.15, 0.2) is 9.75 Å². The van der Waals surface area contributed by atoms with Gasteiger partial charge in [0.25, 0.3) is 5.22 Å². The Bertz CT molecular complexity index is 465. The van der Waals surface area contributed by atoms with Crippen molar-refractivity contribution in [3.05, 3.63) is 5.82 Å². The first-order chi connectivity index (χ1) is 9.13. The Balaban J connectivity index is 1.65. The molecule has 3 heterocycles. The number of hydrogen-bond acceptors (Lipinski definition) is 6. The molecule has 2 saturated heterocycles. The lowest BCUT2D eigenvalue weighted by atomic mass is 9.90. The Morgan fingerprint density at radius 2 is 2.16 bits per heavy atom. The van der Waals surface area contributed by atoms with E-state index in [-0.39, 0.29) is 5.75 Å². The number of carboxylic acids is 1. The minimum Gasteiger partial charge on any atom is -0.481 e. The second-order valence-corrected chi connectivity index (χ2v) is 6.25. The Morgan fingerprint density at radius 1 is 1.47 bits per heavy atom. The number of piperidine rings is 1. The van der Waals surface area contributed by atoms with Gasteiger partial charge >= 0.3 is 5.97 Å². The van der Waals surface area contributed by atoms with Crippen LogP contribution in [0, 0.1) is 0 Å². The molecule has 0 amide bonds. The summed E-state index contributed by atoms with van der Waals surface area (Å²) in [6.07, 6.45) is 4.68. The minimum absolute atomic E-state index is 0.0414. The minimum atomic E-state index is -0.873. The quantitative estimate of drug-likeness (QED) is 0.840. The molecular weight excluding hydrogens is 266 g/mol. The fourth-order valence-corrected chi connectivity index (χ4v) is 3.69. The van der Waals surface area contributed by atoms with Gasteiger partial charge in [0, 0.05) is 18.0 Å². The number of nitrogens with zero attached hydrogens (tertiary/aromatic N) is 3. The highest BCUT2D eigenvalue weighted by Gasteiger charge is 2.40. The molecule has 2 atom stereocenters. The van der Waals surface area contributed by atoms with E-state index < -0.39 is 5.97 Å². The normalized spacial score (nSPS) is 30.7. The second-order valence-electron chi connectivity index (χ2n) is 5.32. The number of aliphatic carboxylic acids is 1. The van der Waals surface area contributed by atoms with Crippen molar-refractivity contribution in [3.8, 4) is 0 Å². The van der Waals surface area contributed by atoms with E-state index in [9.17, 15) is 4.79 Å². The van der Waals surface area contributed by atoms with Gasteiger partial charge in [0.05, 0.1) is 0 Å². The molecule has 104 valence electrons. The van der Waals surface area contributed by atoms with E-state index >= 15 is 0 Å². The number of carbonyl (C=O) groups is 1. The number of thioether (sulfide) groups is 1. The first-order valence-electron chi connectivity index (χ1n) is 6.53. The Labute approximate surface area is 115 Å². The van der Waals surface area contributed by atoms with E-state index in [4.69, 9.17) is 9.63 Å². The lowest BCUT2D eigenvalue weighted by molar-refractivity contribution is -0.133. The van der Waals surface area contributed by atoms with Gasteiger partial charge < -0.3 is 14.5 Å². The topological polar surface area (TPSA) is 79.5 Å². The summed E-state index contributed by atoms with van der Waals surface area (Å²) in [5, 5.41) is 13.0. The van der Waals surface area contributed by atoms with Crippen molar-refractivity contribution in [2.75, 3.05) is 12.8 Å². The summed E-state index contributed by atoms with van der Waals surface area (Å²) in [5.41, 5.74) is 0. The largest absolute Gasteiger partial charge is 0.481 e. The maximum atomic E-state index is 10.5. The summed E-state index contributed by atoms with van der Waals surface area (Å²) in [6, 6.07) is 1.27. The van der Waals surface area contributed by atoms with Crippen LogP contribution >= 0.6 is 11.8 Å². The van der Waals surface area contributed by atoms with Gasteiger partial charge in [-0.3, -0.25) is 4.79 Å². The molecule has 3 rings (SSSR count). The summed E-state index contributed by atoms with van der Waals surface area (Å²) in [4.78, 5) is 17.3. The van der Waals surface area contributed by atoms with Crippen molar-refractivity contribution < 1.29 is 14.4 Å². The molecule has 2 aliphatic rings. The predicted molar refractivity (Wildman–Crippen MR) is 69.2 cm³/mol. The van der Waals surface area contributed by atoms with E-state index in [1.54, 1.807) is 0 Å². The summed E-state index contributed by atoms with van der Waals surface area (Å²) < 4.78 is 5.11.